The Morgan fingerprint density at radius 3 is 2.73 bits per heavy atom. The van der Waals surface area contributed by atoms with Gasteiger partial charge in [0, 0.05) is 33.0 Å². The summed E-state index contributed by atoms with van der Waals surface area (Å²) in [5, 5.41) is 8.97. The molecule has 1 amide bonds. The Morgan fingerprint density at radius 1 is 1.13 bits per heavy atom. The SMILES string of the molecule is CN(C)C(=O)C1=C[C@@H](c2ccc3c(c2)Cc2ccccc2-3)C[C@@H](OCCCCO)O1. The van der Waals surface area contributed by atoms with E-state index in [9.17, 15) is 4.79 Å². The van der Waals surface area contributed by atoms with Crippen LogP contribution in [0, 0.1) is 0 Å². The molecule has 0 bridgehead atoms. The lowest BCUT2D eigenvalue weighted by molar-refractivity contribution is -0.151. The standard InChI is InChI=1S/C25H29NO4/c1-26(2)25(28)23-15-19(16-24(30-23)29-12-6-5-11-27)17-9-10-22-20(13-17)14-18-7-3-4-8-21(18)22/h3-4,7-10,13,15,19,24,27H,5-6,11-12,14,16H2,1-2H3/t19-,24+/m1/s1. The van der Waals surface area contributed by atoms with Crippen LogP contribution in [0.5, 0.6) is 0 Å². The number of nitrogens with zero attached hydrogens (tertiary/aromatic N) is 1. The molecule has 30 heavy (non-hydrogen) atoms. The number of fused-ring (bicyclic) bond motifs is 3. The van der Waals surface area contributed by atoms with Crippen molar-refractivity contribution in [3.05, 3.63) is 71.0 Å². The average Bonchev–Trinajstić information content (AvgIpc) is 3.13. The second-order valence-corrected chi connectivity index (χ2v) is 8.17. The summed E-state index contributed by atoms with van der Waals surface area (Å²) in [5.41, 5.74) is 6.48. The first-order valence-corrected chi connectivity index (χ1v) is 10.6. The summed E-state index contributed by atoms with van der Waals surface area (Å²) in [6.45, 7) is 0.653. The zero-order valence-corrected chi connectivity index (χ0v) is 17.6. The predicted octanol–water partition coefficient (Wildman–Crippen LogP) is 3.85. The molecule has 5 nitrogen and oxygen atoms in total. The number of unbranched alkanes of at least 4 members (excludes halogenated alkanes) is 1. The van der Waals surface area contributed by atoms with Gasteiger partial charge in [-0.05, 0) is 53.2 Å². The van der Waals surface area contributed by atoms with E-state index in [4.69, 9.17) is 14.6 Å². The Balaban J connectivity index is 1.57. The summed E-state index contributed by atoms with van der Waals surface area (Å²) < 4.78 is 11.8. The van der Waals surface area contributed by atoms with Crippen molar-refractivity contribution in [2.45, 2.75) is 37.9 Å². The number of hydrogen-bond acceptors (Lipinski definition) is 4. The van der Waals surface area contributed by atoms with Gasteiger partial charge in [0.05, 0.1) is 6.61 Å². The fourth-order valence-electron chi connectivity index (χ4n) is 4.19. The fourth-order valence-corrected chi connectivity index (χ4v) is 4.19. The third-order valence-corrected chi connectivity index (χ3v) is 5.78. The second kappa shape index (κ2) is 9.02. The summed E-state index contributed by atoms with van der Waals surface area (Å²) in [4.78, 5) is 14.1. The number of allylic oxidation sites excluding steroid dienone is 1. The van der Waals surface area contributed by atoms with Crippen LogP contribution in [-0.2, 0) is 20.7 Å². The topological polar surface area (TPSA) is 59.0 Å². The van der Waals surface area contributed by atoms with E-state index in [1.807, 2.05) is 6.08 Å². The maximum Gasteiger partial charge on any atom is 0.288 e. The van der Waals surface area contributed by atoms with Crippen LogP contribution in [0.15, 0.2) is 54.3 Å². The number of ether oxygens (including phenoxy) is 2. The quantitative estimate of drug-likeness (QED) is 0.605. The van der Waals surface area contributed by atoms with Crippen molar-refractivity contribution >= 4 is 5.91 Å². The van der Waals surface area contributed by atoms with Crippen molar-refractivity contribution in [2.24, 2.45) is 0 Å². The first-order chi connectivity index (χ1) is 14.6. The third kappa shape index (κ3) is 4.27. The predicted molar refractivity (Wildman–Crippen MR) is 116 cm³/mol. The molecule has 0 spiro atoms. The van der Waals surface area contributed by atoms with Crippen molar-refractivity contribution in [1.82, 2.24) is 4.90 Å². The Labute approximate surface area is 177 Å². The summed E-state index contributed by atoms with van der Waals surface area (Å²) in [6, 6.07) is 15.2. The molecule has 1 aliphatic heterocycles. The lowest BCUT2D eigenvalue weighted by Crippen LogP contribution is -2.32. The van der Waals surface area contributed by atoms with Gasteiger partial charge in [0.25, 0.3) is 5.91 Å². The highest BCUT2D eigenvalue weighted by atomic mass is 16.7. The lowest BCUT2D eigenvalue weighted by Gasteiger charge is -2.30. The minimum Gasteiger partial charge on any atom is -0.459 e. The maximum atomic E-state index is 12.6. The zero-order chi connectivity index (χ0) is 21.1. The van der Waals surface area contributed by atoms with Crippen LogP contribution in [0.1, 0.15) is 41.9 Å². The lowest BCUT2D eigenvalue weighted by atomic mass is 9.90. The molecule has 0 radical (unpaired) electrons. The molecule has 0 saturated heterocycles. The molecular formula is C25H29NO4. The van der Waals surface area contributed by atoms with E-state index in [-0.39, 0.29) is 18.4 Å². The van der Waals surface area contributed by atoms with Crippen LogP contribution in [0.2, 0.25) is 0 Å². The molecule has 5 heteroatoms. The van der Waals surface area contributed by atoms with Crippen LogP contribution < -0.4 is 0 Å². The molecule has 4 rings (SSSR count). The van der Waals surface area contributed by atoms with E-state index in [0.717, 1.165) is 12.8 Å². The normalized spacial score (nSPS) is 19.5. The maximum absolute atomic E-state index is 12.6. The monoisotopic (exact) mass is 407 g/mol. The molecule has 0 fully saturated rings. The first kappa shape index (κ1) is 20.6. The van der Waals surface area contributed by atoms with Gasteiger partial charge in [-0.25, -0.2) is 0 Å². The van der Waals surface area contributed by atoms with Crippen molar-refractivity contribution in [1.29, 1.82) is 0 Å². The summed E-state index contributed by atoms with van der Waals surface area (Å²) >= 11 is 0. The number of carbonyl (C=O) groups is 1. The Hall–Kier alpha value is -2.63. The molecule has 2 aliphatic rings. The molecule has 0 aromatic heterocycles. The van der Waals surface area contributed by atoms with Gasteiger partial charge in [0.15, 0.2) is 5.76 Å². The van der Waals surface area contributed by atoms with E-state index in [2.05, 4.69) is 42.5 Å². The molecule has 0 saturated carbocycles. The van der Waals surface area contributed by atoms with Crippen molar-refractivity contribution in [3.8, 4) is 11.1 Å². The number of hydrogen-bond donors (Lipinski definition) is 1. The molecular weight excluding hydrogens is 378 g/mol. The molecule has 1 aliphatic carbocycles. The van der Waals surface area contributed by atoms with Crippen LogP contribution in [0.4, 0.5) is 0 Å². The highest BCUT2D eigenvalue weighted by Crippen LogP contribution is 2.39. The molecule has 2 aromatic carbocycles. The Kier molecular flexibility index (Phi) is 6.21. The van der Waals surface area contributed by atoms with Gasteiger partial charge in [-0.15, -0.1) is 0 Å². The van der Waals surface area contributed by atoms with Gasteiger partial charge < -0.3 is 19.5 Å². The summed E-state index contributed by atoms with van der Waals surface area (Å²) in [6.07, 6.45) is 4.52. The molecule has 1 heterocycles. The Bertz CT molecular complexity index is 950. The number of amides is 1. The van der Waals surface area contributed by atoms with Crippen LogP contribution >= 0.6 is 0 Å². The number of aliphatic hydroxyl groups excluding tert-OH is 1. The van der Waals surface area contributed by atoms with Gasteiger partial charge in [-0.3, -0.25) is 4.79 Å². The van der Waals surface area contributed by atoms with Crippen molar-refractivity contribution in [3.63, 3.8) is 0 Å². The number of likely N-dealkylation sites (N-methyl/N-ethyl adjacent to an activating group) is 1. The highest BCUT2D eigenvalue weighted by Gasteiger charge is 2.30. The number of benzene rings is 2. The first-order valence-electron chi connectivity index (χ1n) is 10.6. The zero-order valence-electron chi connectivity index (χ0n) is 17.6. The molecule has 2 aromatic rings. The second-order valence-electron chi connectivity index (χ2n) is 8.17. The van der Waals surface area contributed by atoms with Crippen LogP contribution in [0.3, 0.4) is 0 Å². The van der Waals surface area contributed by atoms with Crippen molar-refractivity contribution in [2.75, 3.05) is 27.3 Å². The van der Waals surface area contributed by atoms with E-state index in [0.29, 0.717) is 25.2 Å². The van der Waals surface area contributed by atoms with Crippen LogP contribution in [0.25, 0.3) is 11.1 Å². The van der Waals surface area contributed by atoms with Gasteiger partial charge in [0.1, 0.15) is 0 Å². The molecule has 0 unspecified atom stereocenters. The molecule has 1 N–H and O–H groups in total. The van der Waals surface area contributed by atoms with E-state index >= 15 is 0 Å². The third-order valence-electron chi connectivity index (χ3n) is 5.78. The van der Waals surface area contributed by atoms with Gasteiger partial charge in [-0.2, -0.15) is 0 Å². The smallest absolute Gasteiger partial charge is 0.288 e. The van der Waals surface area contributed by atoms with E-state index < -0.39 is 6.29 Å². The minimum atomic E-state index is -0.469. The average molecular weight is 408 g/mol. The number of aliphatic hydroxyl groups is 1. The van der Waals surface area contributed by atoms with E-state index in [1.165, 1.54) is 32.7 Å². The van der Waals surface area contributed by atoms with Gasteiger partial charge in [-0.1, -0.05) is 42.5 Å². The fraction of sp³-hybridized carbons (Fsp3) is 0.400. The van der Waals surface area contributed by atoms with E-state index in [1.54, 1.807) is 14.1 Å². The molecule has 158 valence electrons. The largest absolute Gasteiger partial charge is 0.459 e. The highest BCUT2D eigenvalue weighted by molar-refractivity contribution is 5.91. The van der Waals surface area contributed by atoms with Crippen LogP contribution in [-0.4, -0.2) is 49.5 Å². The van der Waals surface area contributed by atoms with Gasteiger partial charge >= 0.3 is 0 Å². The van der Waals surface area contributed by atoms with Crippen molar-refractivity contribution < 1.29 is 19.4 Å². The number of carbonyl (C=O) groups excluding carboxylic acids is 1. The summed E-state index contributed by atoms with van der Waals surface area (Å²) in [5.74, 6) is 0.235. The minimum absolute atomic E-state index is 0.0505. The molecule has 2 atom stereocenters. The summed E-state index contributed by atoms with van der Waals surface area (Å²) in [7, 11) is 3.44. The Morgan fingerprint density at radius 2 is 1.93 bits per heavy atom. The van der Waals surface area contributed by atoms with Gasteiger partial charge in [0.2, 0.25) is 6.29 Å². The number of rotatable bonds is 7.